The Hall–Kier alpha value is -2.68. The summed E-state index contributed by atoms with van der Waals surface area (Å²) in [6.45, 7) is 3.40. The minimum absolute atomic E-state index is 0.0644. The number of carbonyl (C=O) groups is 1. The Morgan fingerprint density at radius 1 is 0.955 bits per heavy atom. The Labute approximate surface area is 128 Å². The van der Waals surface area contributed by atoms with Crippen LogP contribution < -0.4 is 0 Å². The van der Waals surface area contributed by atoms with Gasteiger partial charge in [0.05, 0.1) is 0 Å². The third-order valence-electron chi connectivity index (χ3n) is 3.80. The summed E-state index contributed by atoms with van der Waals surface area (Å²) < 4.78 is 16.1. The molecule has 3 rings (SSSR count). The van der Waals surface area contributed by atoms with Crippen molar-refractivity contribution in [1.82, 2.24) is 4.57 Å². The van der Waals surface area contributed by atoms with Gasteiger partial charge in [-0.25, -0.2) is 4.39 Å². The maximum absolute atomic E-state index is 14.1. The van der Waals surface area contributed by atoms with Gasteiger partial charge in [-0.05, 0) is 32.0 Å². The zero-order valence-corrected chi connectivity index (χ0v) is 12.5. The molecule has 0 bridgehead atoms. The predicted molar refractivity (Wildman–Crippen MR) is 85.9 cm³/mol. The maximum atomic E-state index is 14.1. The van der Waals surface area contributed by atoms with Crippen LogP contribution >= 0.6 is 0 Å². The molecule has 0 aliphatic rings. The van der Waals surface area contributed by atoms with E-state index in [-0.39, 0.29) is 11.6 Å². The molecular weight excluding hydrogens is 277 g/mol. The Morgan fingerprint density at radius 3 is 2.23 bits per heavy atom. The van der Waals surface area contributed by atoms with Gasteiger partial charge in [-0.2, -0.15) is 0 Å². The number of hydrogen-bond donors (Lipinski definition) is 0. The van der Waals surface area contributed by atoms with E-state index < -0.39 is 0 Å². The van der Waals surface area contributed by atoms with Gasteiger partial charge < -0.3 is 4.57 Å². The van der Waals surface area contributed by atoms with Crippen molar-refractivity contribution in [2.75, 3.05) is 0 Å². The molecule has 0 aliphatic heterocycles. The molecule has 22 heavy (non-hydrogen) atoms. The average molecular weight is 293 g/mol. The van der Waals surface area contributed by atoms with E-state index in [2.05, 4.69) is 0 Å². The maximum Gasteiger partial charge on any atom is 0.162 e. The first-order chi connectivity index (χ1) is 10.6. The summed E-state index contributed by atoms with van der Waals surface area (Å²) >= 11 is 0. The number of benzene rings is 2. The first-order valence-electron chi connectivity index (χ1n) is 7.13. The molecule has 3 heteroatoms. The Kier molecular flexibility index (Phi) is 3.63. The van der Waals surface area contributed by atoms with E-state index in [1.807, 2.05) is 48.0 Å². The minimum Gasteiger partial charge on any atom is -0.320 e. The molecule has 0 unspecified atom stereocenters. The highest BCUT2D eigenvalue weighted by atomic mass is 19.1. The summed E-state index contributed by atoms with van der Waals surface area (Å²) in [6.07, 6.45) is 1.83. The fraction of sp³-hybridized carbons (Fsp3) is 0.105. The number of ketones is 1. The summed E-state index contributed by atoms with van der Waals surface area (Å²) in [6, 6.07) is 16.3. The van der Waals surface area contributed by atoms with Gasteiger partial charge in [0.1, 0.15) is 5.82 Å². The monoisotopic (exact) mass is 293 g/mol. The van der Waals surface area contributed by atoms with Crippen LogP contribution in [0.15, 0.2) is 60.8 Å². The van der Waals surface area contributed by atoms with E-state index >= 15 is 0 Å². The van der Waals surface area contributed by atoms with E-state index in [1.165, 1.54) is 13.0 Å². The molecule has 0 saturated carbocycles. The number of carbonyl (C=O) groups excluding carboxylic acids is 1. The van der Waals surface area contributed by atoms with Crippen molar-refractivity contribution in [2.45, 2.75) is 13.8 Å². The first kappa shape index (κ1) is 14.3. The highest BCUT2D eigenvalue weighted by Gasteiger charge is 2.20. The number of hydrogen-bond acceptors (Lipinski definition) is 1. The van der Waals surface area contributed by atoms with E-state index in [9.17, 15) is 9.18 Å². The molecular formula is C19H16FNO. The summed E-state index contributed by atoms with van der Waals surface area (Å²) in [5, 5.41) is 0. The van der Waals surface area contributed by atoms with Crippen molar-refractivity contribution in [3.05, 3.63) is 77.9 Å². The molecule has 0 aliphatic carbocycles. The predicted octanol–water partition coefficient (Wildman–Crippen LogP) is 4.79. The number of para-hydroxylation sites is 1. The molecule has 3 aromatic rings. The van der Waals surface area contributed by atoms with Crippen LogP contribution in [0.25, 0.3) is 16.8 Å². The van der Waals surface area contributed by atoms with Gasteiger partial charge in [-0.15, -0.1) is 0 Å². The molecule has 1 heterocycles. The molecule has 2 nitrogen and oxygen atoms in total. The molecule has 0 fully saturated rings. The van der Waals surface area contributed by atoms with Crippen molar-refractivity contribution in [3.63, 3.8) is 0 Å². The van der Waals surface area contributed by atoms with Gasteiger partial charge in [0.25, 0.3) is 0 Å². The van der Waals surface area contributed by atoms with Gasteiger partial charge >= 0.3 is 0 Å². The number of Topliss-reactive ketones (excluding diaryl/α,β-unsaturated/α-hetero) is 1. The lowest BCUT2D eigenvalue weighted by molar-refractivity contribution is 0.101. The van der Waals surface area contributed by atoms with E-state index in [4.69, 9.17) is 0 Å². The molecule has 0 amide bonds. The standard InChI is InChI=1S/C19H16FNO/c1-13-19(14(2)22)17(16-10-6-7-11-18(16)20)12-21(13)15-8-4-3-5-9-15/h3-12H,1-2H3. The fourth-order valence-electron chi connectivity index (χ4n) is 2.79. The van der Waals surface area contributed by atoms with Crippen LogP contribution in [0.4, 0.5) is 4.39 Å². The number of nitrogens with zero attached hydrogens (tertiary/aromatic N) is 1. The number of aromatic nitrogens is 1. The smallest absolute Gasteiger partial charge is 0.162 e. The van der Waals surface area contributed by atoms with E-state index in [0.29, 0.717) is 16.7 Å². The zero-order chi connectivity index (χ0) is 15.7. The van der Waals surface area contributed by atoms with Crippen molar-refractivity contribution in [1.29, 1.82) is 0 Å². The van der Waals surface area contributed by atoms with Gasteiger partial charge in [-0.3, -0.25) is 4.79 Å². The lowest BCUT2D eigenvalue weighted by Gasteiger charge is -2.06. The van der Waals surface area contributed by atoms with Gasteiger partial charge in [0.2, 0.25) is 0 Å². The lowest BCUT2D eigenvalue weighted by atomic mass is 10.0. The Balaban J connectivity index is 2.28. The van der Waals surface area contributed by atoms with Crippen LogP contribution in [0, 0.1) is 12.7 Å². The molecule has 0 N–H and O–H groups in total. The topological polar surface area (TPSA) is 22.0 Å². The van der Waals surface area contributed by atoms with Crippen molar-refractivity contribution >= 4 is 5.78 Å². The van der Waals surface area contributed by atoms with Crippen LogP contribution in [-0.2, 0) is 0 Å². The molecule has 0 atom stereocenters. The van der Waals surface area contributed by atoms with Crippen LogP contribution in [0.3, 0.4) is 0 Å². The number of rotatable bonds is 3. The quantitative estimate of drug-likeness (QED) is 0.636. The normalized spacial score (nSPS) is 10.7. The SMILES string of the molecule is CC(=O)c1c(-c2ccccc2F)cn(-c2ccccc2)c1C. The van der Waals surface area contributed by atoms with Gasteiger partial charge in [0, 0.05) is 34.3 Å². The van der Waals surface area contributed by atoms with E-state index in [1.54, 1.807) is 18.2 Å². The third kappa shape index (κ3) is 2.35. The Bertz CT molecular complexity index is 834. The highest BCUT2D eigenvalue weighted by Crippen LogP contribution is 2.32. The first-order valence-corrected chi connectivity index (χ1v) is 7.13. The highest BCUT2D eigenvalue weighted by molar-refractivity contribution is 6.02. The molecule has 0 saturated heterocycles. The molecule has 0 spiro atoms. The van der Waals surface area contributed by atoms with E-state index in [0.717, 1.165) is 11.4 Å². The van der Waals surface area contributed by atoms with Crippen molar-refractivity contribution in [3.8, 4) is 16.8 Å². The largest absolute Gasteiger partial charge is 0.320 e. The summed E-state index contributed by atoms with van der Waals surface area (Å²) in [7, 11) is 0. The second-order valence-corrected chi connectivity index (χ2v) is 5.24. The number of halogens is 1. The second-order valence-electron chi connectivity index (χ2n) is 5.24. The molecule has 0 radical (unpaired) electrons. The van der Waals surface area contributed by atoms with Crippen LogP contribution in [-0.4, -0.2) is 10.4 Å². The molecule has 1 aromatic heterocycles. The van der Waals surface area contributed by atoms with Crippen molar-refractivity contribution < 1.29 is 9.18 Å². The molecule has 2 aromatic carbocycles. The second kappa shape index (κ2) is 5.60. The molecule has 110 valence electrons. The zero-order valence-electron chi connectivity index (χ0n) is 12.5. The fourth-order valence-corrected chi connectivity index (χ4v) is 2.79. The summed E-state index contributed by atoms with van der Waals surface area (Å²) in [5.74, 6) is -0.388. The van der Waals surface area contributed by atoms with Crippen molar-refractivity contribution in [2.24, 2.45) is 0 Å². The Morgan fingerprint density at radius 2 is 1.59 bits per heavy atom. The van der Waals surface area contributed by atoms with Crippen LogP contribution in [0.1, 0.15) is 23.0 Å². The lowest BCUT2D eigenvalue weighted by Crippen LogP contribution is -1.99. The summed E-state index contributed by atoms with van der Waals surface area (Å²) in [4.78, 5) is 12.1. The summed E-state index contributed by atoms with van der Waals surface area (Å²) in [5.41, 5.74) is 3.41. The van der Waals surface area contributed by atoms with Gasteiger partial charge in [0.15, 0.2) is 5.78 Å². The van der Waals surface area contributed by atoms with Crippen LogP contribution in [0.5, 0.6) is 0 Å². The average Bonchev–Trinajstić information content (AvgIpc) is 2.86. The third-order valence-corrected chi connectivity index (χ3v) is 3.80. The van der Waals surface area contributed by atoms with Gasteiger partial charge in [-0.1, -0.05) is 36.4 Å². The minimum atomic E-state index is -0.324. The van der Waals surface area contributed by atoms with Crippen LogP contribution in [0.2, 0.25) is 0 Å².